The third-order valence-electron chi connectivity index (χ3n) is 2.25. The number of nitrogens with zero attached hydrogens (tertiary/aromatic N) is 1. The molecule has 0 fully saturated rings. The number of nitrogens with one attached hydrogen (secondary N) is 1. The van der Waals surface area contributed by atoms with Gasteiger partial charge in [-0.2, -0.15) is 13.2 Å². The maximum atomic E-state index is 13.0. The SMILES string of the molecule is C[C@@H](Oc1cc(F)ccc1[N+](=O)[O-])C(=O)NCC(F)(F)F. The Hall–Kier alpha value is -2.39. The van der Waals surface area contributed by atoms with E-state index in [0.717, 1.165) is 19.1 Å². The molecule has 1 aromatic rings. The topological polar surface area (TPSA) is 81.5 Å². The molecular weight excluding hydrogens is 300 g/mol. The van der Waals surface area contributed by atoms with Gasteiger partial charge in [-0.1, -0.05) is 0 Å². The fourth-order valence-corrected chi connectivity index (χ4v) is 1.31. The first-order valence-electron chi connectivity index (χ1n) is 5.55. The van der Waals surface area contributed by atoms with Gasteiger partial charge in [0.15, 0.2) is 6.10 Å². The Balaban J connectivity index is 2.78. The third-order valence-corrected chi connectivity index (χ3v) is 2.25. The van der Waals surface area contributed by atoms with E-state index in [-0.39, 0.29) is 0 Å². The fraction of sp³-hybridized carbons (Fsp3) is 0.364. The number of nitro groups is 1. The number of carbonyl (C=O) groups is 1. The Labute approximate surface area is 115 Å². The van der Waals surface area contributed by atoms with Crippen molar-refractivity contribution in [1.82, 2.24) is 5.32 Å². The summed E-state index contributed by atoms with van der Waals surface area (Å²) in [5.41, 5.74) is -0.605. The molecule has 0 aromatic heterocycles. The molecule has 10 heteroatoms. The second kappa shape index (κ2) is 6.37. The van der Waals surface area contributed by atoms with Gasteiger partial charge in [0.1, 0.15) is 12.4 Å². The Morgan fingerprint density at radius 1 is 1.48 bits per heavy atom. The average molecular weight is 310 g/mol. The Morgan fingerprint density at radius 2 is 2.10 bits per heavy atom. The number of alkyl halides is 3. The molecule has 1 amide bonds. The number of nitro benzene ring substituents is 1. The normalized spacial score (nSPS) is 12.6. The summed E-state index contributed by atoms with van der Waals surface area (Å²) in [4.78, 5) is 21.2. The highest BCUT2D eigenvalue weighted by Gasteiger charge is 2.29. The molecule has 0 aliphatic heterocycles. The minimum atomic E-state index is -4.60. The number of hydrogen-bond acceptors (Lipinski definition) is 4. The van der Waals surface area contributed by atoms with Crippen LogP contribution in [0.4, 0.5) is 23.2 Å². The van der Waals surface area contributed by atoms with Crippen LogP contribution in [0.25, 0.3) is 0 Å². The maximum absolute atomic E-state index is 13.0. The summed E-state index contributed by atoms with van der Waals surface area (Å²) in [6.07, 6.45) is -6.06. The summed E-state index contributed by atoms with van der Waals surface area (Å²) in [6.45, 7) is -0.481. The summed E-state index contributed by atoms with van der Waals surface area (Å²) in [5, 5.41) is 12.2. The average Bonchev–Trinajstić information content (AvgIpc) is 2.34. The first-order valence-corrected chi connectivity index (χ1v) is 5.55. The highest BCUT2D eigenvalue weighted by atomic mass is 19.4. The van der Waals surface area contributed by atoms with Crippen LogP contribution < -0.4 is 10.1 Å². The van der Waals surface area contributed by atoms with Crippen molar-refractivity contribution in [2.24, 2.45) is 0 Å². The van der Waals surface area contributed by atoms with E-state index in [4.69, 9.17) is 4.74 Å². The zero-order valence-corrected chi connectivity index (χ0v) is 10.6. The minimum absolute atomic E-state index is 0.547. The van der Waals surface area contributed by atoms with Gasteiger partial charge in [-0.3, -0.25) is 14.9 Å². The number of halogens is 4. The number of rotatable bonds is 5. The van der Waals surface area contributed by atoms with Crippen LogP contribution in [0.1, 0.15) is 6.92 Å². The molecule has 1 atom stereocenters. The van der Waals surface area contributed by atoms with Crippen LogP contribution in [-0.2, 0) is 4.79 Å². The Kier molecular flexibility index (Phi) is 5.06. The smallest absolute Gasteiger partial charge is 0.405 e. The van der Waals surface area contributed by atoms with E-state index in [1.807, 2.05) is 0 Å². The lowest BCUT2D eigenvalue weighted by atomic mass is 10.2. The number of benzene rings is 1. The predicted molar refractivity (Wildman–Crippen MR) is 62.2 cm³/mol. The summed E-state index contributed by atoms with van der Waals surface area (Å²) in [7, 11) is 0. The minimum Gasteiger partial charge on any atom is -0.474 e. The van der Waals surface area contributed by atoms with Crippen LogP contribution in [0.15, 0.2) is 18.2 Å². The first-order chi connectivity index (χ1) is 9.60. The fourth-order valence-electron chi connectivity index (χ4n) is 1.31. The maximum Gasteiger partial charge on any atom is 0.405 e. The van der Waals surface area contributed by atoms with E-state index >= 15 is 0 Å². The Morgan fingerprint density at radius 3 is 2.62 bits per heavy atom. The van der Waals surface area contributed by atoms with Gasteiger partial charge in [0, 0.05) is 12.1 Å². The van der Waals surface area contributed by atoms with Crippen LogP contribution in [-0.4, -0.2) is 29.7 Å². The molecule has 0 unspecified atom stereocenters. The van der Waals surface area contributed by atoms with Gasteiger partial charge in [-0.25, -0.2) is 4.39 Å². The number of hydrogen-bond donors (Lipinski definition) is 1. The van der Waals surface area contributed by atoms with Gasteiger partial charge in [-0.15, -0.1) is 0 Å². The summed E-state index contributed by atoms with van der Waals surface area (Å²) in [5.74, 6) is -2.53. The van der Waals surface area contributed by atoms with Crippen LogP contribution >= 0.6 is 0 Å². The lowest BCUT2D eigenvalue weighted by Crippen LogP contribution is -2.41. The highest BCUT2D eigenvalue weighted by Crippen LogP contribution is 2.28. The standard InChI is InChI=1S/C11H10F4N2O4/c1-6(10(18)16-5-11(13,14)15)21-9-4-7(12)2-3-8(9)17(19)20/h2-4,6H,5H2,1H3,(H,16,18)/t6-/m1/s1. The second-order valence-electron chi connectivity index (χ2n) is 3.96. The zero-order chi connectivity index (χ0) is 16.2. The molecule has 0 saturated carbocycles. The van der Waals surface area contributed by atoms with Crippen LogP contribution in [0.3, 0.4) is 0 Å². The van der Waals surface area contributed by atoms with E-state index in [9.17, 15) is 32.5 Å². The van der Waals surface area contributed by atoms with Gasteiger partial charge >= 0.3 is 11.9 Å². The van der Waals surface area contributed by atoms with Crippen LogP contribution in [0.5, 0.6) is 5.75 Å². The summed E-state index contributed by atoms with van der Waals surface area (Å²) < 4.78 is 53.7. The molecule has 0 radical (unpaired) electrons. The molecule has 0 heterocycles. The highest BCUT2D eigenvalue weighted by molar-refractivity contribution is 5.80. The van der Waals surface area contributed by atoms with Crippen molar-refractivity contribution < 1.29 is 32.0 Å². The van der Waals surface area contributed by atoms with Crippen LogP contribution in [0.2, 0.25) is 0 Å². The number of carbonyl (C=O) groups excluding carboxylic acids is 1. The number of amides is 1. The van der Waals surface area contributed by atoms with Gasteiger partial charge in [0.25, 0.3) is 5.91 Å². The molecule has 1 aromatic carbocycles. The van der Waals surface area contributed by atoms with Gasteiger partial charge in [-0.05, 0) is 13.0 Å². The molecule has 6 nitrogen and oxygen atoms in total. The van der Waals surface area contributed by atoms with E-state index < -0.39 is 46.9 Å². The quantitative estimate of drug-likeness (QED) is 0.513. The lowest BCUT2D eigenvalue weighted by Gasteiger charge is -2.15. The molecule has 21 heavy (non-hydrogen) atoms. The van der Waals surface area contributed by atoms with Crippen molar-refractivity contribution in [2.75, 3.05) is 6.54 Å². The van der Waals surface area contributed by atoms with E-state index in [2.05, 4.69) is 0 Å². The molecule has 0 aliphatic rings. The van der Waals surface area contributed by atoms with E-state index in [0.29, 0.717) is 6.07 Å². The molecule has 1 N–H and O–H groups in total. The zero-order valence-electron chi connectivity index (χ0n) is 10.6. The van der Waals surface area contributed by atoms with Crippen molar-refractivity contribution in [3.8, 4) is 5.75 Å². The second-order valence-corrected chi connectivity index (χ2v) is 3.96. The molecule has 0 bridgehead atoms. The monoisotopic (exact) mass is 310 g/mol. The van der Waals surface area contributed by atoms with Crippen molar-refractivity contribution in [1.29, 1.82) is 0 Å². The van der Waals surface area contributed by atoms with E-state index in [1.54, 1.807) is 5.32 Å². The van der Waals surface area contributed by atoms with Gasteiger partial charge < -0.3 is 10.1 Å². The van der Waals surface area contributed by atoms with Crippen LogP contribution in [0, 0.1) is 15.9 Å². The van der Waals surface area contributed by atoms with Crippen molar-refractivity contribution in [3.05, 3.63) is 34.1 Å². The molecule has 116 valence electrons. The number of ether oxygens (including phenoxy) is 1. The molecular formula is C11H10F4N2O4. The molecule has 1 rings (SSSR count). The van der Waals surface area contributed by atoms with Crippen molar-refractivity contribution in [2.45, 2.75) is 19.2 Å². The Bertz CT molecular complexity index is 548. The van der Waals surface area contributed by atoms with E-state index in [1.165, 1.54) is 0 Å². The molecule has 0 aliphatic carbocycles. The summed E-state index contributed by atoms with van der Waals surface area (Å²) >= 11 is 0. The van der Waals surface area contributed by atoms with Gasteiger partial charge in [0.2, 0.25) is 5.75 Å². The largest absolute Gasteiger partial charge is 0.474 e. The molecule has 0 spiro atoms. The lowest BCUT2D eigenvalue weighted by molar-refractivity contribution is -0.386. The first kappa shape index (κ1) is 16.7. The summed E-state index contributed by atoms with van der Waals surface area (Å²) in [6, 6.07) is 2.32. The third kappa shape index (κ3) is 5.24. The van der Waals surface area contributed by atoms with Gasteiger partial charge in [0.05, 0.1) is 4.92 Å². The van der Waals surface area contributed by atoms with Crippen molar-refractivity contribution in [3.63, 3.8) is 0 Å². The predicted octanol–water partition coefficient (Wildman–Crippen LogP) is 2.18. The van der Waals surface area contributed by atoms with Crippen molar-refractivity contribution >= 4 is 11.6 Å². The molecule has 0 saturated heterocycles.